The molecule has 2 aliphatic rings. The highest BCUT2D eigenvalue weighted by atomic mass is 32.2. The number of carbonyl (C=O) groups excluding carboxylic acids is 2. The summed E-state index contributed by atoms with van der Waals surface area (Å²) in [6, 6.07) is 19.2. The Morgan fingerprint density at radius 2 is 1.55 bits per heavy atom. The van der Waals surface area contributed by atoms with E-state index in [0.717, 1.165) is 43.6 Å². The molecule has 0 aliphatic carbocycles. The third-order valence-corrected chi connectivity index (χ3v) is 6.60. The topological polar surface area (TPSA) is 40.6 Å². The highest BCUT2D eigenvalue weighted by Crippen LogP contribution is 2.38. The van der Waals surface area contributed by atoms with Crippen molar-refractivity contribution in [1.29, 1.82) is 0 Å². The predicted octanol–water partition coefficient (Wildman–Crippen LogP) is 4.56. The van der Waals surface area contributed by atoms with Gasteiger partial charge in [-0.3, -0.25) is 14.5 Å². The van der Waals surface area contributed by atoms with E-state index >= 15 is 0 Å². The van der Waals surface area contributed by atoms with Crippen molar-refractivity contribution in [3.63, 3.8) is 0 Å². The average molecular weight is 423 g/mol. The van der Waals surface area contributed by atoms with Crippen LogP contribution in [0.25, 0.3) is 0 Å². The maximum absolute atomic E-state index is 13.4. The normalized spacial score (nSPS) is 18.9. The van der Waals surface area contributed by atoms with Crippen molar-refractivity contribution in [2.75, 3.05) is 18.0 Å². The number of rotatable bonds is 4. The third kappa shape index (κ3) is 4.28. The molecule has 2 heterocycles. The van der Waals surface area contributed by atoms with Gasteiger partial charge in [0.15, 0.2) is 4.32 Å². The summed E-state index contributed by atoms with van der Waals surface area (Å²) in [5.41, 5.74) is 2.29. The lowest BCUT2D eigenvalue weighted by Gasteiger charge is -2.28. The number of piperidine rings is 1. The molecule has 4 nitrogen and oxygen atoms in total. The van der Waals surface area contributed by atoms with Crippen molar-refractivity contribution in [3.05, 3.63) is 76.7 Å². The Labute approximate surface area is 180 Å². The molecule has 148 valence electrons. The third-order valence-electron chi connectivity index (χ3n) is 5.18. The van der Waals surface area contributed by atoms with Crippen LogP contribution < -0.4 is 4.90 Å². The molecule has 0 spiro atoms. The Balaban J connectivity index is 1.72. The van der Waals surface area contributed by atoms with Gasteiger partial charge in [0, 0.05) is 25.1 Å². The minimum atomic E-state index is -0.206. The van der Waals surface area contributed by atoms with Gasteiger partial charge in [-0.15, -0.1) is 0 Å². The van der Waals surface area contributed by atoms with Gasteiger partial charge in [-0.2, -0.15) is 0 Å². The largest absolute Gasteiger partial charge is 0.339 e. The quantitative estimate of drug-likeness (QED) is 0.535. The molecule has 0 radical (unpaired) electrons. The predicted molar refractivity (Wildman–Crippen MR) is 122 cm³/mol. The molecule has 4 rings (SSSR count). The summed E-state index contributed by atoms with van der Waals surface area (Å²) < 4.78 is 0.466. The molecule has 0 atom stereocenters. The molecule has 0 aromatic heterocycles. The lowest BCUT2D eigenvalue weighted by molar-refractivity contribution is -0.128. The first-order valence-electron chi connectivity index (χ1n) is 9.83. The minimum Gasteiger partial charge on any atom is -0.339 e. The first-order valence-corrected chi connectivity index (χ1v) is 11.1. The molecule has 6 heteroatoms. The molecule has 0 saturated carbocycles. The molecule has 2 fully saturated rings. The van der Waals surface area contributed by atoms with Crippen molar-refractivity contribution in [2.45, 2.75) is 25.7 Å². The highest BCUT2D eigenvalue weighted by molar-refractivity contribution is 8.27. The van der Waals surface area contributed by atoms with Gasteiger partial charge in [0.05, 0.1) is 10.6 Å². The molecule has 0 unspecified atom stereocenters. The summed E-state index contributed by atoms with van der Waals surface area (Å²) >= 11 is 6.75. The fourth-order valence-corrected chi connectivity index (χ4v) is 5.05. The average Bonchev–Trinajstić information content (AvgIpc) is 3.07. The number of hydrogen-bond donors (Lipinski definition) is 0. The van der Waals surface area contributed by atoms with Gasteiger partial charge in [0.25, 0.3) is 11.8 Å². The summed E-state index contributed by atoms with van der Waals surface area (Å²) in [5.74, 6) is -0.246. The van der Waals surface area contributed by atoms with Crippen LogP contribution in [0.4, 0.5) is 5.69 Å². The van der Waals surface area contributed by atoms with Crippen molar-refractivity contribution >= 4 is 45.8 Å². The Morgan fingerprint density at radius 1 is 0.931 bits per heavy atom. The number of anilines is 1. The number of para-hydroxylation sites is 1. The second-order valence-electron chi connectivity index (χ2n) is 7.17. The lowest BCUT2D eigenvalue weighted by Crippen LogP contribution is -2.38. The van der Waals surface area contributed by atoms with Gasteiger partial charge in [-0.25, -0.2) is 0 Å². The van der Waals surface area contributed by atoms with E-state index < -0.39 is 0 Å². The van der Waals surface area contributed by atoms with E-state index in [1.165, 1.54) is 16.7 Å². The van der Waals surface area contributed by atoms with Gasteiger partial charge in [0.2, 0.25) is 0 Å². The van der Waals surface area contributed by atoms with Gasteiger partial charge >= 0.3 is 0 Å². The number of carbonyl (C=O) groups is 2. The summed E-state index contributed by atoms with van der Waals surface area (Å²) in [5, 5.41) is 0. The fraction of sp³-hybridized carbons (Fsp3) is 0.261. The molecule has 2 amide bonds. The molecule has 0 bridgehead atoms. The van der Waals surface area contributed by atoms with Crippen LogP contribution in [-0.2, 0) is 16.0 Å². The van der Waals surface area contributed by atoms with E-state index in [2.05, 4.69) is 0 Å². The SMILES string of the molecule is O=C(/C(Cc1ccccc1)=C1/SC(=S)N(c2ccccc2)C1=O)N1CCCCC1. The summed E-state index contributed by atoms with van der Waals surface area (Å²) in [6.45, 7) is 1.49. The van der Waals surface area contributed by atoms with Crippen LogP contribution in [0.1, 0.15) is 24.8 Å². The number of amides is 2. The highest BCUT2D eigenvalue weighted by Gasteiger charge is 2.38. The molecule has 2 aliphatic heterocycles. The van der Waals surface area contributed by atoms with Gasteiger partial charge in [-0.05, 0) is 37.0 Å². The minimum absolute atomic E-state index is 0.0397. The zero-order chi connectivity index (χ0) is 20.2. The van der Waals surface area contributed by atoms with Crippen LogP contribution in [-0.4, -0.2) is 34.1 Å². The fourth-order valence-electron chi connectivity index (χ4n) is 3.69. The molecule has 2 aromatic carbocycles. The number of nitrogens with zero attached hydrogens (tertiary/aromatic N) is 2. The van der Waals surface area contributed by atoms with Crippen molar-refractivity contribution in [2.24, 2.45) is 0 Å². The van der Waals surface area contributed by atoms with E-state index in [-0.39, 0.29) is 11.8 Å². The smallest absolute Gasteiger partial charge is 0.271 e. The Hall–Kier alpha value is -2.44. The number of thiocarbonyl (C=S) groups is 1. The van der Waals surface area contributed by atoms with E-state index in [4.69, 9.17) is 12.2 Å². The molecule has 0 N–H and O–H groups in total. The van der Waals surface area contributed by atoms with E-state index in [1.54, 1.807) is 0 Å². The second kappa shape index (κ2) is 8.93. The van der Waals surface area contributed by atoms with Crippen LogP contribution in [0.3, 0.4) is 0 Å². The summed E-state index contributed by atoms with van der Waals surface area (Å²) in [6.07, 6.45) is 3.59. The first kappa shape index (κ1) is 19.9. The zero-order valence-corrected chi connectivity index (χ0v) is 17.7. The van der Waals surface area contributed by atoms with E-state index in [1.807, 2.05) is 65.6 Å². The molecular weight excluding hydrogens is 400 g/mol. The molecular formula is C23H22N2O2S2. The molecule has 2 aromatic rings. The lowest BCUT2D eigenvalue weighted by atomic mass is 10.0. The van der Waals surface area contributed by atoms with E-state index in [9.17, 15) is 9.59 Å². The number of benzene rings is 2. The van der Waals surface area contributed by atoms with Crippen molar-refractivity contribution < 1.29 is 9.59 Å². The Kier molecular flexibility index (Phi) is 6.11. The zero-order valence-electron chi connectivity index (χ0n) is 16.0. The van der Waals surface area contributed by atoms with Crippen LogP contribution in [0, 0.1) is 0 Å². The van der Waals surface area contributed by atoms with Crippen LogP contribution in [0.2, 0.25) is 0 Å². The monoisotopic (exact) mass is 422 g/mol. The maximum Gasteiger partial charge on any atom is 0.271 e. The Morgan fingerprint density at radius 3 is 2.21 bits per heavy atom. The molecule has 2 saturated heterocycles. The van der Waals surface area contributed by atoms with Crippen LogP contribution in [0.15, 0.2) is 71.1 Å². The van der Waals surface area contributed by atoms with Gasteiger partial charge in [-0.1, -0.05) is 72.5 Å². The summed E-state index contributed by atoms with van der Waals surface area (Å²) in [4.78, 5) is 30.6. The Bertz CT molecular complexity index is 951. The second-order valence-corrected chi connectivity index (χ2v) is 8.81. The van der Waals surface area contributed by atoms with Crippen molar-refractivity contribution in [3.8, 4) is 0 Å². The number of hydrogen-bond acceptors (Lipinski definition) is 4. The van der Waals surface area contributed by atoms with Gasteiger partial charge < -0.3 is 4.90 Å². The van der Waals surface area contributed by atoms with Crippen LogP contribution >= 0.6 is 24.0 Å². The standard InChI is InChI=1S/C23H22N2O2S2/c26-21(24-14-8-3-9-15-24)19(16-17-10-4-1-5-11-17)20-22(27)25(23(28)29-20)18-12-6-2-7-13-18/h1-2,4-7,10-13H,3,8-9,14-16H2/b20-19+. The first-order chi connectivity index (χ1) is 14.1. The van der Waals surface area contributed by atoms with Gasteiger partial charge in [0.1, 0.15) is 0 Å². The number of likely N-dealkylation sites (tertiary alicyclic amines) is 1. The van der Waals surface area contributed by atoms with Crippen LogP contribution in [0.5, 0.6) is 0 Å². The number of thioether (sulfide) groups is 1. The van der Waals surface area contributed by atoms with E-state index in [0.29, 0.717) is 21.2 Å². The van der Waals surface area contributed by atoms with Crippen molar-refractivity contribution in [1.82, 2.24) is 4.90 Å². The summed E-state index contributed by atoms with van der Waals surface area (Å²) in [7, 11) is 0. The maximum atomic E-state index is 13.4. The molecule has 29 heavy (non-hydrogen) atoms.